The number of fused-ring (bicyclic) bond motifs is 1. The Balaban J connectivity index is 2.06. The summed E-state index contributed by atoms with van der Waals surface area (Å²) in [5, 5.41) is 8.91. The number of benzene rings is 1. The summed E-state index contributed by atoms with van der Waals surface area (Å²) in [5.74, 6) is 0.0380. The summed E-state index contributed by atoms with van der Waals surface area (Å²) in [6, 6.07) is 7.87. The summed E-state index contributed by atoms with van der Waals surface area (Å²) in [4.78, 5) is 15.3. The quantitative estimate of drug-likeness (QED) is 0.832. The molecule has 1 unspecified atom stereocenters. The van der Waals surface area contributed by atoms with Gasteiger partial charge in [-0.15, -0.1) is 0 Å². The number of hydrogen-bond acceptors (Lipinski definition) is 2. The normalized spacial score (nSPS) is 23.6. The smallest absolute Gasteiger partial charge is 0.307 e. The van der Waals surface area contributed by atoms with Crippen molar-refractivity contribution in [3.8, 4) is 0 Å². The summed E-state index contributed by atoms with van der Waals surface area (Å²) in [7, 11) is 1.95. The number of aromatic nitrogens is 2. The van der Waals surface area contributed by atoms with E-state index >= 15 is 0 Å². The molecule has 0 spiro atoms. The van der Waals surface area contributed by atoms with Crippen molar-refractivity contribution in [3.63, 3.8) is 0 Å². The monoisotopic (exact) mass is 216 g/mol. The number of rotatable bonds is 2. The standard InChI is InChI=1S/C12H12N2O2/c1-14-10-5-3-2-4-9(10)13-11(14)7-6-8(7)12(15)16/h2-5,7-8H,6H2,1H3,(H,15,16)/t7?,8-/m1/s1. The Labute approximate surface area is 92.5 Å². The zero-order valence-electron chi connectivity index (χ0n) is 8.92. The van der Waals surface area contributed by atoms with Crippen molar-refractivity contribution >= 4 is 17.0 Å². The van der Waals surface area contributed by atoms with Gasteiger partial charge < -0.3 is 9.67 Å². The Kier molecular flexibility index (Phi) is 1.80. The van der Waals surface area contributed by atoms with Crippen LogP contribution >= 0.6 is 0 Å². The number of para-hydroxylation sites is 2. The fourth-order valence-corrected chi connectivity index (χ4v) is 2.25. The van der Waals surface area contributed by atoms with Gasteiger partial charge in [-0.1, -0.05) is 12.1 Å². The molecule has 1 aliphatic rings. The highest BCUT2D eigenvalue weighted by atomic mass is 16.4. The van der Waals surface area contributed by atoms with Crippen molar-refractivity contribution in [2.45, 2.75) is 12.3 Å². The predicted octanol–water partition coefficient (Wildman–Crippen LogP) is 1.76. The first-order valence-corrected chi connectivity index (χ1v) is 5.32. The minimum absolute atomic E-state index is 0.0925. The fourth-order valence-electron chi connectivity index (χ4n) is 2.25. The van der Waals surface area contributed by atoms with Gasteiger partial charge >= 0.3 is 5.97 Å². The highest BCUT2D eigenvalue weighted by molar-refractivity contribution is 5.78. The van der Waals surface area contributed by atoms with Crippen molar-refractivity contribution in [2.75, 3.05) is 0 Å². The molecule has 0 amide bonds. The van der Waals surface area contributed by atoms with Crippen LogP contribution in [0.15, 0.2) is 24.3 Å². The van der Waals surface area contributed by atoms with Crippen molar-refractivity contribution in [1.82, 2.24) is 9.55 Å². The number of carboxylic acid groups (broad SMARTS) is 1. The molecule has 82 valence electrons. The average Bonchev–Trinajstić information content (AvgIpc) is 3.00. The van der Waals surface area contributed by atoms with E-state index in [0.717, 1.165) is 16.9 Å². The first-order valence-electron chi connectivity index (χ1n) is 5.32. The van der Waals surface area contributed by atoms with Crippen LogP contribution in [0.4, 0.5) is 0 Å². The Morgan fingerprint density at radius 3 is 2.88 bits per heavy atom. The van der Waals surface area contributed by atoms with E-state index in [4.69, 9.17) is 5.11 Å². The first-order chi connectivity index (χ1) is 7.68. The third kappa shape index (κ3) is 1.23. The minimum Gasteiger partial charge on any atom is -0.481 e. The summed E-state index contributed by atoms with van der Waals surface area (Å²) < 4.78 is 2.00. The van der Waals surface area contributed by atoms with Gasteiger partial charge in [0.2, 0.25) is 0 Å². The van der Waals surface area contributed by atoms with Crippen LogP contribution in [0.25, 0.3) is 11.0 Å². The molecular weight excluding hydrogens is 204 g/mol. The van der Waals surface area contributed by atoms with Crippen molar-refractivity contribution in [1.29, 1.82) is 0 Å². The van der Waals surface area contributed by atoms with Gasteiger partial charge in [-0.2, -0.15) is 0 Å². The van der Waals surface area contributed by atoms with E-state index < -0.39 is 5.97 Å². The molecular formula is C12H12N2O2. The molecule has 3 rings (SSSR count). The van der Waals surface area contributed by atoms with Gasteiger partial charge in [-0.25, -0.2) is 4.98 Å². The van der Waals surface area contributed by atoms with Crippen LogP contribution in [-0.4, -0.2) is 20.6 Å². The number of hydrogen-bond donors (Lipinski definition) is 1. The predicted molar refractivity (Wildman–Crippen MR) is 59.2 cm³/mol. The summed E-state index contributed by atoms with van der Waals surface area (Å²) in [5.41, 5.74) is 2.00. The molecule has 0 radical (unpaired) electrons. The number of imidazole rings is 1. The lowest BCUT2D eigenvalue weighted by molar-refractivity contribution is -0.138. The molecule has 1 aromatic heterocycles. The molecule has 0 aliphatic heterocycles. The van der Waals surface area contributed by atoms with Crippen LogP contribution in [0, 0.1) is 5.92 Å². The van der Waals surface area contributed by atoms with Crippen molar-refractivity contribution < 1.29 is 9.90 Å². The molecule has 1 fully saturated rings. The van der Waals surface area contributed by atoms with E-state index in [1.165, 1.54) is 0 Å². The van der Waals surface area contributed by atoms with Crippen LogP contribution in [0.5, 0.6) is 0 Å². The largest absolute Gasteiger partial charge is 0.481 e. The van der Waals surface area contributed by atoms with Crippen LogP contribution in [0.1, 0.15) is 18.2 Å². The SMILES string of the molecule is Cn1c(C2C[C@H]2C(=O)O)nc2ccccc21. The van der Waals surface area contributed by atoms with Crippen LogP contribution < -0.4 is 0 Å². The van der Waals surface area contributed by atoms with E-state index in [-0.39, 0.29) is 11.8 Å². The summed E-state index contributed by atoms with van der Waals surface area (Å²) in [6.45, 7) is 0. The zero-order chi connectivity index (χ0) is 11.3. The second kappa shape index (κ2) is 3.07. The Morgan fingerprint density at radius 1 is 1.50 bits per heavy atom. The first kappa shape index (κ1) is 9.39. The number of carboxylic acids is 1. The van der Waals surface area contributed by atoms with Crippen LogP contribution in [-0.2, 0) is 11.8 Å². The summed E-state index contributed by atoms with van der Waals surface area (Å²) in [6.07, 6.45) is 0.715. The number of aliphatic carboxylic acids is 1. The van der Waals surface area contributed by atoms with Gasteiger partial charge in [0, 0.05) is 13.0 Å². The molecule has 2 atom stereocenters. The lowest BCUT2D eigenvalue weighted by Crippen LogP contribution is -2.02. The Hall–Kier alpha value is -1.84. The molecule has 0 bridgehead atoms. The maximum Gasteiger partial charge on any atom is 0.307 e. The van der Waals surface area contributed by atoms with Gasteiger partial charge in [0.15, 0.2) is 0 Å². The van der Waals surface area contributed by atoms with Crippen LogP contribution in [0.2, 0.25) is 0 Å². The third-order valence-corrected chi connectivity index (χ3v) is 3.26. The molecule has 1 aliphatic carbocycles. The van der Waals surface area contributed by atoms with Crippen LogP contribution in [0.3, 0.4) is 0 Å². The summed E-state index contributed by atoms with van der Waals surface area (Å²) >= 11 is 0. The lowest BCUT2D eigenvalue weighted by atomic mass is 10.3. The highest BCUT2D eigenvalue weighted by Crippen LogP contribution is 2.47. The number of carbonyl (C=O) groups is 1. The molecule has 1 saturated carbocycles. The molecule has 1 N–H and O–H groups in total. The average molecular weight is 216 g/mol. The van der Waals surface area contributed by atoms with E-state index in [0.29, 0.717) is 6.42 Å². The maximum absolute atomic E-state index is 10.8. The second-order valence-corrected chi connectivity index (χ2v) is 4.30. The van der Waals surface area contributed by atoms with Gasteiger partial charge in [0.25, 0.3) is 0 Å². The molecule has 4 nitrogen and oxygen atoms in total. The Morgan fingerprint density at radius 2 is 2.25 bits per heavy atom. The van der Waals surface area contributed by atoms with E-state index in [9.17, 15) is 4.79 Å². The van der Waals surface area contributed by atoms with Crippen molar-refractivity contribution in [2.24, 2.45) is 13.0 Å². The lowest BCUT2D eigenvalue weighted by Gasteiger charge is -1.99. The van der Waals surface area contributed by atoms with Crippen molar-refractivity contribution in [3.05, 3.63) is 30.1 Å². The highest BCUT2D eigenvalue weighted by Gasteiger charge is 2.46. The molecule has 0 saturated heterocycles. The maximum atomic E-state index is 10.8. The van der Waals surface area contributed by atoms with Gasteiger partial charge in [-0.3, -0.25) is 4.79 Å². The molecule has 1 heterocycles. The number of aryl methyl sites for hydroxylation is 1. The molecule has 1 aromatic carbocycles. The Bertz CT molecular complexity index is 573. The van der Waals surface area contributed by atoms with E-state index in [2.05, 4.69) is 4.98 Å². The minimum atomic E-state index is -0.711. The third-order valence-electron chi connectivity index (χ3n) is 3.26. The number of nitrogens with zero attached hydrogens (tertiary/aromatic N) is 2. The topological polar surface area (TPSA) is 55.1 Å². The van der Waals surface area contributed by atoms with Gasteiger partial charge in [0.05, 0.1) is 17.0 Å². The van der Waals surface area contributed by atoms with E-state index in [1.807, 2.05) is 35.9 Å². The zero-order valence-corrected chi connectivity index (χ0v) is 8.92. The van der Waals surface area contributed by atoms with Gasteiger partial charge in [0.1, 0.15) is 5.82 Å². The fraction of sp³-hybridized carbons (Fsp3) is 0.333. The molecule has 4 heteroatoms. The van der Waals surface area contributed by atoms with Gasteiger partial charge in [-0.05, 0) is 18.6 Å². The van der Waals surface area contributed by atoms with E-state index in [1.54, 1.807) is 0 Å². The molecule has 2 aromatic rings. The second-order valence-electron chi connectivity index (χ2n) is 4.30. The molecule has 16 heavy (non-hydrogen) atoms.